The van der Waals surface area contributed by atoms with Gasteiger partial charge in [0.25, 0.3) is 5.91 Å². The van der Waals surface area contributed by atoms with Crippen molar-refractivity contribution in [3.63, 3.8) is 0 Å². The maximum atomic E-state index is 12.6. The number of anilines is 1. The van der Waals surface area contributed by atoms with Crippen molar-refractivity contribution >= 4 is 40.2 Å². The number of carbonyl (C=O) groups is 1. The molecule has 1 amide bonds. The van der Waals surface area contributed by atoms with E-state index in [-0.39, 0.29) is 11.3 Å². The molecule has 0 aliphatic heterocycles. The van der Waals surface area contributed by atoms with Crippen molar-refractivity contribution in [1.29, 1.82) is 0 Å². The molecule has 0 bridgehead atoms. The summed E-state index contributed by atoms with van der Waals surface area (Å²) in [7, 11) is 0. The number of hydrogen-bond acceptors (Lipinski definition) is 2. The molecule has 7 heteroatoms. The van der Waals surface area contributed by atoms with Crippen LogP contribution in [0.1, 0.15) is 15.9 Å². The maximum Gasteiger partial charge on any atom is 0.416 e. The molecule has 0 aromatic heterocycles. The number of benzene rings is 2. The number of rotatable bonds is 2. The van der Waals surface area contributed by atoms with Crippen LogP contribution >= 0.6 is 28.6 Å². The van der Waals surface area contributed by atoms with Crippen LogP contribution in [-0.2, 0) is 6.18 Å². The van der Waals surface area contributed by atoms with Crippen molar-refractivity contribution < 1.29 is 18.0 Å². The first kappa shape index (κ1) is 15.9. The van der Waals surface area contributed by atoms with Crippen LogP contribution in [0.15, 0.2) is 51.8 Å². The molecule has 0 heterocycles. The number of thiol groups is 1. The van der Waals surface area contributed by atoms with E-state index in [2.05, 4.69) is 33.9 Å². The zero-order valence-electron chi connectivity index (χ0n) is 10.4. The topological polar surface area (TPSA) is 29.1 Å². The van der Waals surface area contributed by atoms with Crippen LogP contribution in [0.5, 0.6) is 0 Å². The monoisotopic (exact) mass is 375 g/mol. The van der Waals surface area contributed by atoms with Gasteiger partial charge >= 0.3 is 6.18 Å². The Labute approximate surface area is 132 Å². The number of carbonyl (C=O) groups excluding carboxylic acids is 1. The Hall–Kier alpha value is -1.47. The van der Waals surface area contributed by atoms with Gasteiger partial charge in [0.15, 0.2) is 0 Å². The van der Waals surface area contributed by atoms with E-state index in [1.165, 1.54) is 18.2 Å². The summed E-state index contributed by atoms with van der Waals surface area (Å²) in [6.45, 7) is 0. The van der Waals surface area contributed by atoms with Crippen LogP contribution in [-0.4, -0.2) is 5.91 Å². The predicted molar refractivity (Wildman–Crippen MR) is 80.8 cm³/mol. The molecule has 2 rings (SSSR count). The van der Waals surface area contributed by atoms with Crippen molar-refractivity contribution in [3.05, 3.63) is 58.1 Å². The third kappa shape index (κ3) is 4.01. The summed E-state index contributed by atoms with van der Waals surface area (Å²) in [6.07, 6.45) is -4.45. The Morgan fingerprint density at radius 1 is 1.14 bits per heavy atom. The Morgan fingerprint density at radius 2 is 1.86 bits per heavy atom. The van der Waals surface area contributed by atoms with Gasteiger partial charge in [-0.1, -0.05) is 22.0 Å². The highest BCUT2D eigenvalue weighted by molar-refractivity contribution is 9.10. The fraction of sp³-hybridized carbons (Fsp3) is 0.0714. The zero-order chi connectivity index (χ0) is 15.6. The first-order valence-corrected chi connectivity index (χ1v) is 6.98. The quantitative estimate of drug-likeness (QED) is 0.709. The second kappa shape index (κ2) is 6.11. The number of nitrogens with one attached hydrogen (secondary N) is 1. The molecule has 0 radical (unpaired) electrons. The minimum absolute atomic E-state index is 0.0745. The lowest BCUT2D eigenvalue weighted by atomic mass is 10.1. The SMILES string of the molecule is O=C(Nc1cccc(C(F)(F)F)c1)c1ccc(Br)cc1S. The van der Waals surface area contributed by atoms with Gasteiger partial charge in [0.05, 0.1) is 11.1 Å². The number of halogens is 4. The Morgan fingerprint density at radius 3 is 2.48 bits per heavy atom. The fourth-order valence-electron chi connectivity index (χ4n) is 1.67. The van der Waals surface area contributed by atoms with Gasteiger partial charge in [-0.3, -0.25) is 4.79 Å². The molecular formula is C14H9BrF3NOS. The number of amides is 1. The molecule has 0 aliphatic carbocycles. The Bertz CT molecular complexity index is 688. The summed E-state index contributed by atoms with van der Waals surface area (Å²) in [6, 6.07) is 9.28. The first-order valence-electron chi connectivity index (χ1n) is 5.74. The third-order valence-electron chi connectivity index (χ3n) is 2.65. The van der Waals surface area contributed by atoms with Crippen LogP contribution in [0.2, 0.25) is 0 Å². The number of alkyl halides is 3. The molecule has 0 saturated heterocycles. The van der Waals surface area contributed by atoms with Crippen LogP contribution in [0.3, 0.4) is 0 Å². The lowest BCUT2D eigenvalue weighted by Gasteiger charge is -2.10. The molecule has 1 N–H and O–H groups in total. The summed E-state index contributed by atoms with van der Waals surface area (Å²) >= 11 is 7.41. The van der Waals surface area contributed by atoms with Crippen LogP contribution in [0.4, 0.5) is 18.9 Å². The summed E-state index contributed by atoms with van der Waals surface area (Å²) in [5.74, 6) is -0.521. The van der Waals surface area contributed by atoms with Gasteiger partial charge < -0.3 is 5.32 Å². The van der Waals surface area contributed by atoms with Crippen LogP contribution in [0, 0.1) is 0 Å². The second-order valence-electron chi connectivity index (χ2n) is 4.19. The molecular weight excluding hydrogens is 367 g/mol. The zero-order valence-corrected chi connectivity index (χ0v) is 12.9. The summed E-state index contributed by atoms with van der Waals surface area (Å²) < 4.78 is 38.6. The summed E-state index contributed by atoms with van der Waals surface area (Å²) in [5, 5.41) is 2.43. The third-order valence-corrected chi connectivity index (χ3v) is 3.52. The fourth-order valence-corrected chi connectivity index (χ4v) is 2.52. The minimum atomic E-state index is -4.45. The highest BCUT2D eigenvalue weighted by Crippen LogP contribution is 2.31. The Kier molecular flexibility index (Phi) is 4.63. The predicted octanol–water partition coefficient (Wildman–Crippen LogP) is 5.01. The summed E-state index contributed by atoms with van der Waals surface area (Å²) in [5.41, 5.74) is -0.466. The second-order valence-corrected chi connectivity index (χ2v) is 5.59. The lowest BCUT2D eigenvalue weighted by Crippen LogP contribution is -2.13. The van der Waals surface area contributed by atoms with E-state index in [0.29, 0.717) is 4.90 Å². The minimum Gasteiger partial charge on any atom is -0.322 e. The molecule has 2 nitrogen and oxygen atoms in total. The number of hydrogen-bond donors (Lipinski definition) is 2. The smallest absolute Gasteiger partial charge is 0.322 e. The average molecular weight is 376 g/mol. The molecule has 0 aliphatic rings. The van der Waals surface area contributed by atoms with E-state index in [1.54, 1.807) is 12.1 Å². The standard InChI is InChI=1S/C14H9BrF3NOS/c15-9-4-5-11(12(21)7-9)13(20)19-10-3-1-2-8(6-10)14(16,17)18/h1-7,21H,(H,19,20). The molecule has 0 spiro atoms. The van der Waals surface area contributed by atoms with E-state index in [0.717, 1.165) is 16.6 Å². The van der Waals surface area contributed by atoms with Crippen molar-refractivity contribution in [3.8, 4) is 0 Å². The van der Waals surface area contributed by atoms with E-state index in [9.17, 15) is 18.0 Å². The van der Waals surface area contributed by atoms with E-state index in [1.807, 2.05) is 0 Å². The largest absolute Gasteiger partial charge is 0.416 e. The molecule has 110 valence electrons. The highest BCUT2D eigenvalue weighted by Gasteiger charge is 2.30. The highest BCUT2D eigenvalue weighted by atomic mass is 79.9. The average Bonchev–Trinajstić information content (AvgIpc) is 2.37. The summed E-state index contributed by atoms with van der Waals surface area (Å²) in [4.78, 5) is 12.5. The van der Waals surface area contributed by atoms with Gasteiger partial charge in [-0.2, -0.15) is 13.2 Å². The van der Waals surface area contributed by atoms with Crippen molar-refractivity contribution in [2.24, 2.45) is 0 Å². The van der Waals surface area contributed by atoms with E-state index < -0.39 is 17.6 Å². The molecule has 2 aromatic carbocycles. The van der Waals surface area contributed by atoms with E-state index in [4.69, 9.17) is 0 Å². The molecule has 0 fully saturated rings. The van der Waals surface area contributed by atoms with Gasteiger partial charge in [-0.25, -0.2) is 0 Å². The Balaban J connectivity index is 2.24. The van der Waals surface area contributed by atoms with Gasteiger partial charge in [0.2, 0.25) is 0 Å². The first-order chi connectivity index (χ1) is 9.77. The van der Waals surface area contributed by atoms with Gasteiger partial charge in [0.1, 0.15) is 0 Å². The van der Waals surface area contributed by atoms with Gasteiger partial charge in [-0.15, -0.1) is 12.6 Å². The molecule has 2 aromatic rings. The van der Waals surface area contributed by atoms with E-state index >= 15 is 0 Å². The van der Waals surface area contributed by atoms with Crippen LogP contribution in [0.25, 0.3) is 0 Å². The lowest BCUT2D eigenvalue weighted by molar-refractivity contribution is -0.137. The molecule has 21 heavy (non-hydrogen) atoms. The van der Waals surface area contributed by atoms with Crippen molar-refractivity contribution in [2.75, 3.05) is 5.32 Å². The van der Waals surface area contributed by atoms with Crippen molar-refractivity contribution in [2.45, 2.75) is 11.1 Å². The molecule has 0 saturated carbocycles. The molecule has 0 atom stereocenters. The van der Waals surface area contributed by atoms with Gasteiger partial charge in [-0.05, 0) is 36.4 Å². The maximum absolute atomic E-state index is 12.6. The molecule has 0 unspecified atom stereocenters. The normalized spacial score (nSPS) is 11.3. The van der Waals surface area contributed by atoms with Crippen LogP contribution < -0.4 is 5.32 Å². The van der Waals surface area contributed by atoms with Gasteiger partial charge in [0, 0.05) is 15.1 Å². The van der Waals surface area contributed by atoms with Crippen molar-refractivity contribution in [1.82, 2.24) is 0 Å².